The molecule has 1 fully saturated rings. The summed E-state index contributed by atoms with van der Waals surface area (Å²) in [5.74, 6) is -0.159. The van der Waals surface area contributed by atoms with E-state index in [1.165, 1.54) is 4.57 Å². The molecule has 1 atom stereocenters. The molecule has 1 aliphatic heterocycles. The molecule has 0 bridgehead atoms. The Morgan fingerprint density at radius 2 is 2.19 bits per heavy atom. The molecule has 1 amide bonds. The summed E-state index contributed by atoms with van der Waals surface area (Å²) in [6.45, 7) is 2.78. The Bertz CT molecular complexity index is 751. The van der Waals surface area contributed by atoms with Gasteiger partial charge in [-0.3, -0.25) is 14.2 Å². The molecule has 0 radical (unpaired) electrons. The van der Waals surface area contributed by atoms with Crippen LogP contribution in [0.5, 0.6) is 0 Å². The van der Waals surface area contributed by atoms with Crippen LogP contribution in [0.1, 0.15) is 36.5 Å². The number of piperidine rings is 1. The molecule has 3 rings (SSSR count). The lowest BCUT2D eigenvalue weighted by Gasteiger charge is -2.33. The molecular formula is C16H19N3O2. The zero-order valence-corrected chi connectivity index (χ0v) is 12.4. The second kappa shape index (κ2) is 5.31. The van der Waals surface area contributed by atoms with Gasteiger partial charge in [-0.25, -0.2) is 4.98 Å². The van der Waals surface area contributed by atoms with Gasteiger partial charge in [0.05, 0.1) is 0 Å². The quantitative estimate of drug-likeness (QED) is 0.804. The van der Waals surface area contributed by atoms with Crippen LogP contribution in [0.2, 0.25) is 0 Å². The highest BCUT2D eigenvalue weighted by Crippen LogP contribution is 2.19. The van der Waals surface area contributed by atoms with E-state index >= 15 is 0 Å². The second-order valence-electron chi connectivity index (χ2n) is 5.68. The zero-order valence-electron chi connectivity index (χ0n) is 12.4. The van der Waals surface area contributed by atoms with Crippen molar-refractivity contribution in [3.05, 3.63) is 40.3 Å². The van der Waals surface area contributed by atoms with Crippen molar-refractivity contribution in [1.82, 2.24) is 14.5 Å². The molecule has 3 heterocycles. The lowest BCUT2D eigenvalue weighted by atomic mass is 10.0. The fourth-order valence-electron chi connectivity index (χ4n) is 3.00. The van der Waals surface area contributed by atoms with Gasteiger partial charge in [-0.1, -0.05) is 0 Å². The Balaban J connectivity index is 2.09. The van der Waals surface area contributed by atoms with Crippen LogP contribution in [0.3, 0.4) is 0 Å². The number of amides is 1. The summed E-state index contributed by atoms with van der Waals surface area (Å²) in [4.78, 5) is 31.2. The van der Waals surface area contributed by atoms with E-state index in [4.69, 9.17) is 0 Å². The number of carbonyl (C=O) groups excluding carboxylic acids is 1. The van der Waals surface area contributed by atoms with Crippen molar-refractivity contribution >= 4 is 16.9 Å². The van der Waals surface area contributed by atoms with Crippen molar-refractivity contribution in [3.8, 4) is 0 Å². The van der Waals surface area contributed by atoms with Gasteiger partial charge in [-0.05, 0) is 44.4 Å². The molecule has 1 aliphatic rings. The summed E-state index contributed by atoms with van der Waals surface area (Å²) in [5, 5.41) is 0.813. The maximum Gasteiger partial charge on any atom is 0.264 e. The van der Waals surface area contributed by atoms with E-state index in [1.807, 2.05) is 24.0 Å². The van der Waals surface area contributed by atoms with Crippen LogP contribution >= 0.6 is 0 Å². The minimum Gasteiger partial charge on any atom is -0.336 e. The third-order valence-corrected chi connectivity index (χ3v) is 4.26. The summed E-state index contributed by atoms with van der Waals surface area (Å²) in [6.07, 6.45) is 4.80. The second-order valence-corrected chi connectivity index (χ2v) is 5.68. The molecule has 1 saturated heterocycles. The van der Waals surface area contributed by atoms with Crippen molar-refractivity contribution in [2.75, 3.05) is 6.54 Å². The molecule has 2 aromatic rings. The maximum atomic E-state index is 12.7. The molecule has 0 aliphatic carbocycles. The number of carbonyl (C=O) groups is 1. The standard InChI is InChI=1S/C16H19N3O2/c1-11-6-3-4-9-19(11)16(21)13-10-12-7-5-8-17-14(12)18(2)15(13)20/h5,7-8,10-11H,3-4,6,9H2,1-2H3/t11-/m0/s1. The summed E-state index contributed by atoms with van der Waals surface area (Å²) in [5.41, 5.74) is 0.571. The number of fused-ring (bicyclic) bond motifs is 1. The smallest absolute Gasteiger partial charge is 0.264 e. The Morgan fingerprint density at radius 1 is 1.38 bits per heavy atom. The Morgan fingerprint density at radius 3 is 2.95 bits per heavy atom. The van der Waals surface area contributed by atoms with E-state index in [0.717, 1.165) is 31.2 Å². The molecular weight excluding hydrogens is 266 g/mol. The van der Waals surface area contributed by atoms with Crippen molar-refractivity contribution in [1.29, 1.82) is 0 Å². The molecule has 5 nitrogen and oxygen atoms in total. The first-order chi connectivity index (χ1) is 10.1. The van der Waals surface area contributed by atoms with Gasteiger partial charge in [0, 0.05) is 31.2 Å². The molecule has 0 unspecified atom stereocenters. The number of aromatic nitrogens is 2. The van der Waals surface area contributed by atoms with E-state index in [0.29, 0.717) is 5.65 Å². The lowest BCUT2D eigenvalue weighted by molar-refractivity contribution is 0.0633. The molecule has 0 N–H and O–H groups in total. The lowest BCUT2D eigenvalue weighted by Crippen LogP contribution is -2.44. The first-order valence-electron chi connectivity index (χ1n) is 7.35. The predicted molar refractivity (Wildman–Crippen MR) is 81.3 cm³/mol. The topological polar surface area (TPSA) is 55.2 Å². The molecule has 21 heavy (non-hydrogen) atoms. The van der Waals surface area contributed by atoms with Gasteiger partial charge in [-0.15, -0.1) is 0 Å². The van der Waals surface area contributed by atoms with E-state index in [2.05, 4.69) is 4.98 Å². The van der Waals surface area contributed by atoms with Crippen LogP contribution < -0.4 is 5.56 Å². The average molecular weight is 285 g/mol. The van der Waals surface area contributed by atoms with Crippen molar-refractivity contribution < 1.29 is 4.79 Å². The maximum absolute atomic E-state index is 12.7. The minimum atomic E-state index is -0.274. The number of nitrogens with zero attached hydrogens (tertiary/aromatic N) is 3. The van der Waals surface area contributed by atoms with E-state index in [-0.39, 0.29) is 23.1 Å². The summed E-state index contributed by atoms with van der Waals surface area (Å²) in [6, 6.07) is 5.55. The van der Waals surface area contributed by atoms with Crippen molar-refractivity contribution in [2.24, 2.45) is 7.05 Å². The summed E-state index contributed by atoms with van der Waals surface area (Å²) < 4.78 is 1.46. The van der Waals surface area contributed by atoms with Crippen molar-refractivity contribution in [2.45, 2.75) is 32.2 Å². The number of aryl methyl sites for hydroxylation is 1. The largest absolute Gasteiger partial charge is 0.336 e. The summed E-state index contributed by atoms with van der Waals surface area (Å²) in [7, 11) is 1.66. The van der Waals surface area contributed by atoms with Gasteiger partial charge in [0.2, 0.25) is 0 Å². The number of pyridine rings is 2. The molecule has 5 heteroatoms. The number of likely N-dealkylation sites (tertiary alicyclic amines) is 1. The van der Waals surface area contributed by atoms with Gasteiger partial charge < -0.3 is 4.90 Å². The first-order valence-corrected chi connectivity index (χ1v) is 7.35. The Hall–Kier alpha value is -2.17. The highest BCUT2D eigenvalue weighted by atomic mass is 16.2. The van der Waals surface area contributed by atoms with E-state index in [1.54, 1.807) is 19.3 Å². The van der Waals surface area contributed by atoms with Gasteiger partial charge >= 0.3 is 0 Å². The minimum absolute atomic E-state index is 0.159. The Labute approximate surface area is 123 Å². The SMILES string of the molecule is C[C@H]1CCCCN1C(=O)c1cc2cccnc2n(C)c1=O. The van der Waals surface area contributed by atoms with Gasteiger partial charge in [0.25, 0.3) is 11.5 Å². The average Bonchev–Trinajstić information content (AvgIpc) is 2.51. The molecule has 0 spiro atoms. The van der Waals surface area contributed by atoms with E-state index < -0.39 is 0 Å². The number of hydrogen-bond donors (Lipinski definition) is 0. The zero-order chi connectivity index (χ0) is 15.0. The molecule has 0 saturated carbocycles. The van der Waals surface area contributed by atoms with Crippen LogP contribution in [-0.4, -0.2) is 32.9 Å². The van der Waals surface area contributed by atoms with Gasteiger partial charge in [0.1, 0.15) is 11.2 Å². The first kappa shape index (κ1) is 13.8. The van der Waals surface area contributed by atoms with Gasteiger partial charge in [-0.2, -0.15) is 0 Å². The summed E-state index contributed by atoms with van der Waals surface area (Å²) >= 11 is 0. The van der Waals surface area contributed by atoms with E-state index in [9.17, 15) is 9.59 Å². The molecule has 2 aromatic heterocycles. The highest BCUT2D eigenvalue weighted by molar-refractivity contribution is 5.97. The van der Waals surface area contributed by atoms with Crippen LogP contribution in [-0.2, 0) is 7.05 Å². The predicted octanol–water partition coefficient (Wildman–Crippen LogP) is 1.95. The van der Waals surface area contributed by atoms with Crippen LogP contribution in [0.4, 0.5) is 0 Å². The molecule has 110 valence electrons. The fourth-order valence-corrected chi connectivity index (χ4v) is 3.00. The van der Waals surface area contributed by atoms with Gasteiger partial charge in [0.15, 0.2) is 0 Å². The van der Waals surface area contributed by atoms with Crippen LogP contribution in [0.15, 0.2) is 29.2 Å². The Kier molecular flexibility index (Phi) is 3.49. The third-order valence-electron chi connectivity index (χ3n) is 4.26. The molecule has 0 aromatic carbocycles. The fraction of sp³-hybridized carbons (Fsp3) is 0.438. The third kappa shape index (κ3) is 2.33. The number of hydrogen-bond acceptors (Lipinski definition) is 3. The van der Waals surface area contributed by atoms with Crippen LogP contribution in [0, 0.1) is 0 Å². The van der Waals surface area contributed by atoms with Crippen LogP contribution in [0.25, 0.3) is 11.0 Å². The highest BCUT2D eigenvalue weighted by Gasteiger charge is 2.26. The monoisotopic (exact) mass is 285 g/mol. The number of rotatable bonds is 1. The van der Waals surface area contributed by atoms with Crippen molar-refractivity contribution in [3.63, 3.8) is 0 Å². The normalized spacial score (nSPS) is 19.0.